The zero-order chi connectivity index (χ0) is 29.0. The number of esters is 2. The maximum absolute atomic E-state index is 12.2. The van der Waals surface area contributed by atoms with E-state index in [0.717, 1.165) is 24.2 Å². The van der Waals surface area contributed by atoms with E-state index in [4.69, 9.17) is 26.7 Å². The van der Waals surface area contributed by atoms with Crippen LogP contribution < -0.4 is 21.3 Å². The largest absolute Gasteiger partial charge is 0.465 e. The first kappa shape index (κ1) is 29.9. The molecule has 1 aliphatic heterocycles. The lowest BCUT2D eigenvalue weighted by molar-refractivity contribution is 0.0599. The number of ether oxygens (including phenoxy) is 2. The van der Waals surface area contributed by atoms with E-state index in [1.54, 1.807) is 0 Å². The Kier molecular flexibility index (Phi) is 9.23. The van der Waals surface area contributed by atoms with Gasteiger partial charge >= 0.3 is 11.9 Å². The van der Waals surface area contributed by atoms with Gasteiger partial charge in [-0.15, -0.1) is 0 Å². The monoisotopic (exact) mass is 555 g/mol. The Morgan fingerprint density at radius 1 is 0.923 bits per heavy atom. The van der Waals surface area contributed by atoms with Gasteiger partial charge in [-0.3, -0.25) is 5.32 Å². The quantitative estimate of drug-likeness (QED) is 0.186. The molecule has 0 amide bonds. The molecule has 210 valence electrons. The Hall–Kier alpha value is -3.64. The Labute approximate surface area is 234 Å². The molecule has 1 saturated heterocycles. The van der Waals surface area contributed by atoms with E-state index in [-0.39, 0.29) is 33.4 Å². The molecular weight excluding hydrogens is 518 g/mol. The van der Waals surface area contributed by atoms with Crippen LogP contribution in [0.15, 0.2) is 29.3 Å². The summed E-state index contributed by atoms with van der Waals surface area (Å²) < 4.78 is 9.64. The molecule has 0 saturated carbocycles. The fourth-order valence-corrected chi connectivity index (χ4v) is 5.18. The van der Waals surface area contributed by atoms with Crippen LogP contribution in [0.4, 0.5) is 11.6 Å². The Morgan fingerprint density at radius 2 is 1.44 bits per heavy atom. The van der Waals surface area contributed by atoms with Gasteiger partial charge in [-0.2, -0.15) is 0 Å². The molecule has 39 heavy (non-hydrogen) atoms. The minimum Gasteiger partial charge on any atom is -0.465 e. The summed E-state index contributed by atoms with van der Waals surface area (Å²) in [5.74, 6) is -0.451. The van der Waals surface area contributed by atoms with Gasteiger partial charge < -0.3 is 25.4 Å². The van der Waals surface area contributed by atoms with E-state index in [0.29, 0.717) is 17.6 Å². The Balaban J connectivity index is 1.91. The second-order valence-electron chi connectivity index (χ2n) is 10.9. The van der Waals surface area contributed by atoms with Crippen LogP contribution in [0.3, 0.4) is 0 Å². The van der Waals surface area contributed by atoms with Gasteiger partial charge in [0, 0.05) is 28.2 Å². The average molecular weight is 556 g/mol. The van der Waals surface area contributed by atoms with Crippen LogP contribution in [0.25, 0.3) is 0 Å². The third kappa shape index (κ3) is 8.69. The fraction of sp³-hybridized carbons (Fsp3) is 0.481. The van der Waals surface area contributed by atoms with Crippen LogP contribution in [0.2, 0.25) is 0 Å². The number of aryl methyl sites for hydroxylation is 2. The number of anilines is 2. The first-order chi connectivity index (χ1) is 18.2. The number of nitrogens with zero attached hydrogens (tertiary/aromatic N) is 3. The third-order valence-corrected chi connectivity index (χ3v) is 6.16. The molecule has 0 radical (unpaired) electrons. The summed E-state index contributed by atoms with van der Waals surface area (Å²) in [6.45, 7) is 12.4. The summed E-state index contributed by atoms with van der Waals surface area (Å²) in [6, 6.07) is 6.31. The van der Waals surface area contributed by atoms with Crippen LogP contribution in [-0.4, -0.2) is 64.3 Å². The number of aliphatic imine (C=N–C) groups is 1. The van der Waals surface area contributed by atoms with E-state index in [1.165, 1.54) is 32.4 Å². The number of carbonyl (C=O) groups excluding carboxylic acids is 2. The molecule has 1 aliphatic rings. The van der Waals surface area contributed by atoms with Gasteiger partial charge in [-0.1, -0.05) is 0 Å². The predicted molar refractivity (Wildman–Crippen MR) is 155 cm³/mol. The summed E-state index contributed by atoms with van der Waals surface area (Å²) in [7, 11) is 2.53. The second-order valence-corrected chi connectivity index (χ2v) is 11.3. The van der Waals surface area contributed by atoms with E-state index >= 15 is 0 Å². The Bertz CT molecular complexity index is 1220. The number of guanidine groups is 1. The molecule has 12 heteroatoms. The summed E-state index contributed by atoms with van der Waals surface area (Å²) >= 11 is 5.58. The number of hydrogen-bond donors (Lipinski definition) is 4. The predicted octanol–water partition coefficient (Wildman–Crippen LogP) is 3.73. The molecule has 3 rings (SSSR count). The van der Waals surface area contributed by atoms with Crippen molar-refractivity contribution in [1.29, 1.82) is 0 Å². The van der Waals surface area contributed by atoms with E-state index in [2.05, 4.69) is 58.9 Å². The smallest absolute Gasteiger partial charge is 0.337 e. The van der Waals surface area contributed by atoms with Crippen LogP contribution in [-0.2, 0) is 9.47 Å². The number of nitrogens with one attached hydrogen (secondary N) is 4. The molecule has 2 heterocycles. The van der Waals surface area contributed by atoms with Crippen molar-refractivity contribution in [1.82, 2.24) is 20.6 Å². The lowest BCUT2D eigenvalue weighted by atomic mass is 9.80. The van der Waals surface area contributed by atoms with Crippen molar-refractivity contribution in [2.45, 2.75) is 71.5 Å². The first-order valence-electron chi connectivity index (χ1n) is 12.5. The number of aromatic nitrogens is 2. The van der Waals surface area contributed by atoms with E-state index < -0.39 is 11.9 Å². The molecule has 1 fully saturated rings. The number of carbonyl (C=O) groups is 2. The van der Waals surface area contributed by atoms with Gasteiger partial charge in [0.1, 0.15) is 0 Å². The maximum Gasteiger partial charge on any atom is 0.337 e. The summed E-state index contributed by atoms with van der Waals surface area (Å²) in [6.07, 6.45) is 1.61. The van der Waals surface area contributed by atoms with Crippen molar-refractivity contribution in [2.24, 2.45) is 4.99 Å². The van der Waals surface area contributed by atoms with Gasteiger partial charge in [0.2, 0.25) is 11.9 Å². The average Bonchev–Trinajstić information content (AvgIpc) is 2.79. The summed E-state index contributed by atoms with van der Waals surface area (Å²) in [5.41, 5.74) is 2.11. The standard InChI is InChI=1S/C27H37N7O4S/c1-15-9-16(2)29-23(28-15)32-24(30-20-13-26(3,4)34-27(5,6)14-20)33-25(39)31-19-11-17(21(35)37-7)10-18(12-19)22(36)38-8/h9-12,20,34H,13-14H2,1-8H3,(H3,28,29,30,31,32,33,39). The first-order valence-corrected chi connectivity index (χ1v) is 13.0. The van der Waals surface area contributed by atoms with Crippen LogP contribution in [0.1, 0.15) is 72.6 Å². The second kappa shape index (κ2) is 12.0. The maximum atomic E-state index is 12.2. The van der Waals surface area contributed by atoms with Gasteiger partial charge in [0.05, 0.1) is 31.4 Å². The van der Waals surface area contributed by atoms with Crippen molar-refractivity contribution in [3.8, 4) is 0 Å². The highest BCUT2D eigenvalue weighted by Gasteiger charge is 2.37. The van der Waals surface area contributed by atoms with Crippen molar-refractivity contribution >= 4 is 46.9 Å². The highest BCUT2D eigenvalue weighted by molar-refractivity contribution is 7.80. The normalized spacial score (nSPS) is 16.7. The number of benzene rings is 1. The molecule has 4 N–H and O–H groups in total. The van der Waals surface area contributed by atoms with Crippen molar-refractivity contribution in [3.05, 3.63) is 46.8 Å². The molecule has 2 aromatic rings. The zero-order valence-corrected chi connectivity index (χ0v) is 24.5. The molecule has 0 atom stereocenters. The van der Waals surface area contributed by atoms with Gasteiger partial charge in [-0.25, -0.2) is 24.5 Å². The minimum atomic E-state index is -0.602. The van der Waals surface area contributed by atoms with Crippen molar-refractivity contribution in [3.63, 3.8) is 0 Å². The van der Waals surface area contributed by atoms with Crippen molar-refractivity contribution in [2.75, 3.05) is 24.9 Å². The summed E-state index contributed by atoms with van der Waals surface area (Å²) in [4.78, 5) is 38.3. The Morgan fingerprint density at radius 3 is 1.92 bits per heavy atom. The van der Waals surface area contributed by atoms with Crippen LogP contribution in [0, 0.1) is 13.8 Å². The van der Waals surface area contributed by atoms with Gasteiger partial charge in [-0.05, 0) is 90.9 Å². The van der Waals surface area contributed by atoms with Gasteiger partial charge in [0.25, 0.3) is 0 Å². The molecular formula is C27H37N7O4S. The molecule has 1 aromatic heterocycles. The molecule has 11 nitrogen and oxygen atoms in total. The number of piperidine rings is 1. The lowest BCUT2D eigenvalue weighted by Crippen LogP contribution is -2.59. The van der Waals surface area contributed by atoms with E-state index in [9.17, 15) is 9.59 Å². The summed E-state index contributed by atoms with van der Waals surface area (Å²) in [5, 5.41) is 13.1. The van der Waals surface area contributed by atoms with Crippen molar-refractivity contribution < 1.29 is 19.1 Å². The number of methoxy groups -OCH3 is 2. The number of hydrogen-bond acceptors (Lipinski definition) is 9. The van der Waals surface area contributed by atoms with Crippen LogP contribution >= 0.6 is 12.2 Å². The molecule has 0 aliphatic carbocycles. The molecule has 1 aromatic carbocycles. The zero-order valence-electron chi connectivity index (χ0n) is 23.7. The van der Waals surface area contributed by atoms with E-state index in [1.807, 2.05) is 19.9 Å². The minimum absolute atomic E-state index is 0.0199. The molecule has 0 bridgehead atoms. The number of thiocarbonyl (C=S) groups is 1. The lowest BCUT2D eigenvalue weighted by Gasteiger charge is -2.45. The fourth-order valence-electron chi connectivity index (χ4n) is 4.97. The molecule has 0 unspecified atom stereocenters. The van der Waals surface area contributed by atoms with Gasteiger partial charge in [0.15, 0.2) is 5.11 Å². The molecule has 0 spiro atoms. The van der Waals surface area contributed by atoms with Crippen LogP contribution in [0.5, 0.6) is 0 Å². The number of rotatable bonds is 5. The highest BCUT2D eigenvalue weighted by Crippen LogP contribution is 2.30. The SMILES string of the molecule is COC(=O)c1cc(NC(=S)NC(=NC2CC(C)(C)NC(C)(C)C2)Nc2nc(C)cc(C)n2)cc(C(=O)OC)c1. The highest BCUT2D eigenvalue weighted by atomic mass is 32.1. The third-order valence-electron chi connectivity index (χ3n) is 5.96. The topological polar surface area (TPSA) is 139 Å².